The number of halogens is 4. The van der Waals surface area contributed by atoms with Gasteiger partial charge in [-0.3, -0.25) is 0 Å². The van der Waals surface area contributed by atoms with Gasteiger partial charge in [-0.15, -0.1) is 5.10 Å². The lowest BCUT2D eigenvalue weighted by Crippen LogP contribution is -2.15. The van der Waals surface area contributed by atoms with Crippen molar-refractivity contribution in [1.29, 1.82) is 0 Å². The fraction of sp³-hybridized carbons (Fsp3) is 0.385. The maximum atomic E-state index is 12.6. The summed E-state index contributed by atoms with van der Waals surface area (Å²) < 4.78 is 39.1. The van der Waals surface area contributed by atoms with E-state index >= 15 is 0 Å². The highest BCUT2D eigenvalue weighted by Gasteiger charge is 2.31. The Morgan fingerprint density at radius 1 is 1.33 bits per heavy atom. The van der Waals surface area contributed by atoms with Crippen molar-refractivity contribution in [3.63, 3.8) is 0 Å². The minimum atomic E-state index is -4.41. The van der Waals surface area contributed by atoms with E-state index in [1.807, 2.05) is 0 Å². The van der Waals surface area contributed by atoms with Crippen molar-refractivity contribution in [2.24, 2.45) is 0 Å². The molecule has 0 unspecified atom stereocenters. The van der Waals surface area contributed by atoms with Crippen LogP contribution in [0.25, 0.3) is 5.69 Å². The first-order chi connectivity index (χ1) is 9.93. The van der Waals surface area contributed by atoms with Crippen LogP contribution in [0, 0.1) is 0 Å². The van der Waals surface area contributed by atoms with Gasteiger partial charge in [-0.05, 0) is 31.0 Å². The Labute approximate surface area is 123 Å². The Balaban J connectivity index is 1.79. The van der Waals surface area contributed by atoms with E-state index in [0.717, 1.165) is 17.8 Å². The highest BCUT2D eigenvalue weighted by atomic mass is 35.5. The summed E-state index contributed by atoms with van der Waals surface area (Å²) in [6.07, 6.45) is -0.425. The molecule has 112 valence electrons. The Kier molecular flexibility index (Phi) is 3.62. The lowest BCUT2D eigenvalue weighted by atomic mass is 10.2. The van der Waals surface area contributed by atoms with Gasteiger partial charge in [0.25, 0.3) is 0 Å². The second-order valence-electron chi connectivity index (χ2n) is 4.97. The number of rotatable bonds is 4. The lowest BCUT2D eigenvalue weighted by molar-refractivity contribution is -0.137. The smallest absolute Gasteiger partial charge is 0.308 e. The molecule has 0 radical (unpaired) electrons. The molecule has 1 fully saturated rings. The van der Waals surface area contributed by atoms with Crippen LogP contribution in [-0.2, 0) is 12.7 Å². The second-order valence-corrected chi connectivity index (χ2v) is 5.38. The molecule has 2 aromatic rings. The van der Waals surface area contributed by atoms with Crippen molar-refractivity contribution < 1.29 is 13.2 Å². The minimum Gasteiger partial charge on any atom is -0.308 e. The molecule has 0 aliphatic heterocycles. The summed E-state index contributed by atoms with van der Waals surface area (Å²) in [7, 11) is 0. The topological polar surface area (TPSA) is 42.7 Å². The van der Waals surface area contributed by atoms with E-state index in [0.29, 0.717) is 18.3 Å². The standard InChI is InChI=1S/C13H12ClF3N4/c14-11-5-8(13(15,16)17)1-4-12(11)21-7-10(19-20-21)6-18-9-2-3-9/h1,4-5,7,9,18H,2-3,6H2. The second kappa shape index (κ2) is 5.31. The number of nitrogens with zero attached hydrogens (tertiary/aromatic N) is 3. The molecule has 1 aliphatic rings. The molecule has 0 bridgehead atoms. The fourth-order valence-electron chi connectivity index (χ4n) is 1.90. The first-order valence-electron chi connectivity index (χ1n) is 6.45. The minimum absolute atomic E-state index is 0.0172. The Hall–Kier alpha value is -1.60. The first-order valence-corrected chi connectivity index (χ1v) is 6.83. The molecule has 1 N–H and O–H groups in total. The summed E-state index contributed by atoms with van der Waals surface area (Å²) in [4.78, 5) is 0. The lowest BCUT2D eigenvalue weighted by Gasteiger charge is -2.09. The van der Waals surface area contributed by atoms with Crippen LogP contribution in [-0.4, -0.2) is 21.0 Å². The van der Waals surface area contributed by atoms with E-state index < -0.39 is 11.7 Å². The summed E-state index contributed by atoms with van der Waals surface area (Å²) in [5.74, 6) is 0. The highest BCUT2D eigenvalue weighted by Crippen LogP contribution is 2.33. The molecule has 8 heteroatoms. The van der Waals surface area contributed by atoms with Gasteiger partial charge in [-0.25, -0.2) is 4.68 Å². The molecule has 1 aliphatic carbocycles. The van der Waals surface area contributed by atoms with Crippen molar-refractivity contribution in [3.8, 4) is 5.69 Å². The molecule has 0 atom stereocenters. The molecule has 0 amide bonds. The van der Waals surface area contributed by atoms with E-state index in [9.17, 15) is 13.2 Å². The average Bonchev–Trinajstić information content (AvgIpc) is 3.13. The van der Waals surface area contributed by atoms with Crippen molar-refractivity contribution in [2.75, 3.05) is 0 Å². The number of hydrogen-bond donors (Lipinski definition) is 1. The quantitative estimate of drug-likeness (QED) is 0.942. The van der Waals surface area contributed by atoms with E-state index in [1.165, 1.54) is 23.6 Å². The van der Waals surface area contributed by atoms with Crippen LogP contribution < -0.4 is 5.32 Å². The van der Waals surface area contributed by atoms with E-state index in [1.54, 1.807) is 6.20 Å². The Bertz CT molecular complexity index is 649. The van der Waals surface area contributed by atoms with Crippen molar-refractivity contribution in [1.82, 2.24) is 20.3 Å². The van der Waals surface area contributed by atoms with Gasteiger partial charge in [0.2, 0.25) is 0 Å². The van der Waals surface area contributed by atoms with Crippen LogP contribution in [0.3, 0.4) is 0 Å². The summed E-state index contributed by atoms with van der Waals surface area (Å²) in [6, 6.07) is 3.70. The van der Waals surface area contributed by atoms with Gasteiger partial charge < -0.3 is 5.32 Å². The third-order valence-corrected chi connectivity index (χ3v) is 3.51. The van der Waals surface area contributed by atoms with E-state index in [4.69, 9.17) is 11.6 Å². The SMILES string of the molecule is FC(F)(F)c1ccc(-n2cc(CNC3CC3)nn2)c(Cl)c1. The third kappa shape index (κ3) is 3.36. The van der Waals surface area contributed by atoms with Gasteiger partial charge in [0.15, 0.2) is 0 Å². The van der Waals surface area contributed by atoms with Crippen LogP contribution >= 0.6 is 11.6 Å². The van der Waals surface area contributed by atoms with Crippen LogP contribution in [0.2, 0.25) is 5.02 Å². The van der Waals surface area contributed by atoms with Gasteiger partial charge in [-0.2, -0.15) is 13.2 Å². The molecule has 21 heavy (non-hydrogen) atoms. The van der Waals surface area contributed by atoms with Crippen molar-refractivity contribution in [2.45, 2.75) is 31.6 Å². The van der Waals surface area contributed by atoms with Crippen LogP contribution in [0.15, 0.2) is 24.4 Å². The number of benzene rings is 1. The largest absolute Gasteiger partial charge is 0.416 e. The van der Waals surface area contributed by atoms with E-state index in [2.05, 4.69) is 15.6 Å². The molecular formula is C13H12ClF3N4. The predicted octanol–water partition coefficient (Wildman–Crippen LogP) is 3.19. The first kappa shape index (κ1) is 14.3. The maximum Gasteiger partial charge on any atom is 0.416 e. The molecule has 0 saturated heterocycles. The number of hydrogen-bond acceptors (Lipinski definition) is 3. The van der Waals surface area contributed by atoms with Crippen molar-refractivity contribution >= 4 is 11.6 Å². The Morgan fingerprint density at radius 3 is 2.71 bits per heavy atom. The van der Waals surface area contributed by atoms with Crippen LogP contribution in [0.4, 0.5) is 13.2 Å². The molecule has 0 spiro atoms. The Morgan fingerprint density at radius 2 is 2.10 bits per heavy atom. The molecule has 1 saturated carbocycles. The zero-order valence-electron chi connectivity index (χ0n) is 10.9. The van der Waals surface area contributed by atoms with Crippen molar-refractivity contribution in [3.05, 3.63) is 40.7 Å². The van der Waals surface area contributed by atoms with E-state index in [-0.39, 0.29) is 5.02 Å². The normalized spacial score (nSPS) is 15.4. The fourth-order valence-corrected chi connectivity index (χ4v) is 2.17. The molecule has 1 aromatic heterocycles. The summed E-state index contributed by atoms with van der Waals surface area (Å²) in [5.41, 5.74) is 0.305. The van der Waals surface area contributed by atoms with Crippen LogP contribution in [0.1, 0.15) is 24.1 Å². The maximum absolute atomic E-state index is 12.6. The summed E-state index contributed by atoms with van der Waals surface area (Å²) in [5, 5.41) is 11.1. The van der Waals surface area contributed by atoms with Crippen LogP contribution in [0.5, 0.6) is 0 Å². The molecule has 3 rings (SSSR count). The van der Waals surface area contributed by atoms with Gasteiger partial charge in [0.05, 0.1) is 28.2 Å². The van der Waals surface area contributed by atoms with Gasteiger partial charge in [-0.1, -0.05) is 16.8 Å². The molecule has 4 nitrogen and oxygen atoms in total. The van der Waals surface area contributed by atoms with Gasteiger partial charge in [0.1, 0.15) is 0 Å². The number of aromatic nitrogens is 3. The predicted molar refractivity (Wildman–Crippen MR) is 71.2 cm³/mol. The summed E-state index contributed by atoms with van der Waals surface area (Å²) in [6.45, 7) is 0.586. The number of nitrogens with one attached hydrogen (secondary N) is 1. The summed E-state index contributed by atoms with van der Waals surface area (Å²) >= 11 is 5.91. The highest BCUT2D eigenvalue weighted by molar-refractivity contribution is 6.32. The molecule has 1 heterocycles. The zero-order valence-corrected chi connectivity index (χ0v) is 11.6. The third-order valence-electron chi connectivity index (χ3n) is 3.21. The van der Waals surface area contributed by atoms with Gasteiger partial charge >= 0.3 is 6.18 Å². The van der Waals surface area contributed by atoms with Gasteiger partial charge in [0, 0.05) is 12.6 Å². The zero-order chi connectivity index (χ0) is 15.0. The number of alkyl halides is 3. The molecular weight excluding hydrogens is 305 g/mol. The molecule has 1 aromatic carbocycles. The monoisotopic (exact) mass is 316 g/mol. The average molecular weight is 317 g/mol.